The number of aryl methyl sites for hydroxylation is 2. The summed E-state index contributed by atoms with van der Waals surface area (Å²) in [6.45, 7) is 19.2. The Kier molecular flexibility index (Phi) is 12.2. The van der Waals surface area contributed by atoms with Crippen molar-refractivity contribution in [2.24, 2.45) is 5.92 Å². The van der Waals surface area contributed by atoms with E-state index in [1.165, 1.54) is 29.4 Å². The largest absolute Gasteiger partial charge is 0.497 e. The molecule has 1 aromatic heterocycles. The number of carbonyl (C=O) groups excluding carboxylic acids is 1. The fourth-order valence-electron chi connectivity index (χ4n) is 3.65. The highest BCUT2D eigenvalue weighted by atomic mass is 16.5. The topological polar surface area (TPSA) is 44.1 Å². The van der Waals surface area contributed by atoms with Gasteiger partial charge in [-0.25, -0.2) is 0 Å². The Balaban J connectivity index is 0.000000380. The molecule has 0 aliphatic rings. The van der Waals surface area contributed by atoms with Crippen LogP contribution in [0, 0.1) is 12.8 Å². The first-order valence-electron chi connectivity index (χ1n) is 12.1. The lowest BCUT2D eigenvalue weighted by Crippen LogP contribution is -2.09. The summed E-state index contributed by atoms with van der Waals surface area (Å²) in [7, 11) is 1.67. The van der Waals surface area contributed by atoms with Gasteiger partial charge in [0.15, 0.2) is 5.78 Å². The van der Waals surface area contributed by atoms with E-state index in [2.05, 4.69) is 50.4 Å². The van der Waals surface area contributed by atoms with Crippen molar-refractivity contribution in [2.75, 3.05) is 7.11 Å². The molecular weight excluding hydrogens is 408 g/mol. The van der Waals surface area contributed by atoms with E-state index >= 15 is 0 Å². The summed E-state index contributed by atoms with van der Waals surface area (Å²) < 4.78 is 7.41. The van der Waals surface area contributed by atoms with Crippen LogP contribution in [-0.2, 0) is 17.7 Å². The van der Waals surface area contributed by atoms with Crippen molar-refractivity contribution in [3.8, 4) is 0 Å². The van der Waals surface area contributed by atoms with Crippen molar-refractivity contribution in [1.29, 1.82) is 0 Å². The van der Waals surface area contributed by atoms with Crippen LogP contribution in [-0.4, -0.2) is 22.7 Å². The zero-order chi connectivity index (χ0) is 25.0. The number of ether oxygens (including phenoxy) is 1. The van der Waals surface area contributed by atoms with Crippen molar-refractivity contribution in [1.82, 2.24) is 9.78 Å². The van der Waals surface area contributed by atoms with Crippen LogP contribution in [0.3, 0.4) is 0 Å². The van der Waals surface area contributed by atoms with Gasteiger partial charge in [0.25, 0.3) is 0 Å². The van der Waals surface area contributed by atoms with Crippen LogP contribution >= 0.6 is 0 Å². The number of Topliss-reactive ketones (excluding diaryl/α,β-unsaturated/α-hetero) is 1. The first-order chi connectivity index (χ1) is 15.8. The van der Waals surface area contributed by atoms with Gasteiger partial charge in [-0.05, 0) is 43.9 Å². The summed E-state index contributed by atoms with van der Waals surface area (Å²) in [5.74, 6) is 1.54. The Bertz CT molecular complexity index is 1010. The van der Waals surface area contributed by atoms with Gasteiger partial charge in [0.2, 0.25) is 0 Å². The Morgan fingerprint density at radius 2 is 1.67 bits per heavy atom. The van der Waals surface area contributed by atoms with Crippen LogP contribution in [0.25, 0.3) is 16.7 Å². The van der Waals surface area contributed by atoms with E-state index in [9.17, 15) is 4.79 Å². The molecule has 3 aromatic rings. The molecule has 4 nitrogen and oxygen atoms in total. The van der Waals surface area contributed by atoms with E-state index < -0.39 is 0 Å². The fraction of sp³-hybridized carbons (Fsp3) is 0.448. The molecule has 0 aliphatic carbocycles. The van der Waals surface area contributed by atoms with E-state index in [1.807, 2.05) is 45.0 Å². The highest BCUT2D eigenvalue weighted by Gasteiger charge is 2.13. The minimum absolute atomic E-state index is 0.125. The zero-order valence-corrected chi connectivity index (χ0v) is 21.9. The molecule has 0 bridgehead atoms. The Labute approximate surface area is 200 Å². The van der Waals surface area contributed by atoms with Crippen LogP contribution in [0.5, 0.6) is 0 Å². The molecule has 0 atom stereocenters. The van der Waals surface area contributed by atoms with E-state index in [0.29, 0.717) is 5.92 Å². The second-order valence-corrected chi connectivity index (χ2v) is 7.96. The van der Waals surface area contributed by atoms with Crippen molar-refractivity contribution in [2.45, 2.75) is 74.3 Å². The molecule has 4 heteroatoms. The number of hydrogen-bond donors (Lipinski definition) is 0. The van der Waals surface area contributed by atoms with Crippen LogP contribution in [0.15, 0.2) is 49.2 Å². The van der Waals surface area contributed by atoms with Gasteiger partial charge in [-0.2, -0.15) is 5.10 Å². The Morgan fingerprint density at radius 1 is 1.06 bits per heavy atom. The molecule has 0 saturated carbocycles. The predicted octanol–water partition coefficient (Wildman–Crippen LogP) is 7.88. The Morgan fingerprint density at radius 3 is 2.15 bits per heavy atom. The molecule has 1 heterocycles. The van der Waals surface area contributed by atoms with Crippen LogP contribution in [0.4, 0.5) is 0 Å². The molecule has 0 spiro atoms. The third-order valence-corrected chi connectivity index (χ3v) is 5.81. The minimum Gasteiger partial charge on any atom is -0.497 e. The number of rotatable bonds is 8. The lowest BCUT2D eigenvalue weighted by Gasteiger charge is -2.11. The summed E-state index contributed by atoms with van der Waals surface area (Å²) in [4.78, 5) is 10.8. The molecule has 180 valence electrons. The number of carbonyl (C=O) groups is 1. The molecule has 0 amide bonds. The fourth-order valence-corrected chi connectivity index (χ4v) is 3.65. The maximum absolute atomic E-state index is 10.8. The number of benzene rings is 2. The SMILES string of the molecule is C=C(OC)c1ccc2nn(CC(CC)CC)cc2c1CC.CC.CC(=O)c1ccc(C)cc1. The normalized spacial score (nSPS) is 10.2. The average molecular weight is 451 g/mol. The lowest BCUT2D eigenvalue weighted by atomic mass is 10.00. The molecule has 3 rings (SSSR count). The van der Waals surface area contributed by atoms with E-state index in [1.54, 1.807) is 14.0 Å². The van der Waals surface area contributed by atoms with E-state index in [0.717, 1.165) is 35.4 Å². The minimum atomic E-state index is 0.125. The summed E-state index contributed by atoms with van der Waals surface area (Å²) in [6, 6.07) is 11.7. The number of hydrogen-bond acceptors (Lipinski definition) is 3. The summed E-state index contributed by atoms with van der Waals surface area (Å²) in [5, 5.41) is 5.95. The molecule has 0 fully saturated rings. The van der Waals surface area contributed by atoms with Gasteiger partial charge >= 0.3 is 0 Å². The number of aromatic nitrogens is 2. The second-order valence-electron chi connectivity index (χ2n) is 7.96. The average Bonchev–Trinajstić information content (AvgIpc) is 3.26. The van der Waals surface area contributed by atoms with Gasteiger partial charge in [0, 0.05) is 29.3 Å². The predicted molar refractivity (Wildman–Crippen MR) is 142 cm³/mol. The summed E-state index contributed by atoms with van der Waals surface area (Å²) in [6.07, 6.45) is 5.52. The molecule has 0 unspecified atom stereocenters. The maximum Gasteiger partial charge on any atom is 0.159 e. The third kappa shape index (κ3) is 7.88. The molecule has 0 saturated heterocycles. The molecule has 0 radical (unpaired) electrons. The van der Waals surface area contributed by atoms with Gasteiger partial charge in [-0.3, -0.25) is 9.48 Å². The van der Waals surface area contributed by atoms with Gasteiger partial charge in [-0.1, -0.05) is 83.9 Å². The van der Waals surface area contributed by atoms with E-state index in [-0.39, 0.29) is 5.78 Å². The van der Waals surface area contributed by atoms with Crippen molar-refractivity contribution < 1.29 is 9.53 Å². The molecular formula is C29H42N2O2. The number of fused-ring (bicyclic) bond motifs is 1. The molecule has 2 aromatic carbocycles. The summed E-state index contributed by atoms with van der Waals surface area (Å²) >= 11 is 0. The highest BCUT2D eigenvalue weighted by Crippen LogP contribution is 2.27. The first-order valence-corrected chi connectivity index (χ1v) is 12.1. The first kappa shape index (κ1) is 28.2. The third-order valence-electron chi connectivity index (χ3n) is 5.81. The standard InChI is InChI=1S/C18H26N2O.C9H10O.C2H6/c1-6-14(7-2)11-20-12-17-15(8-3)16(13(4)21-5)9-10-18(17)19-20;1-7-3-5-9(6-4-7)8(2)10;1-2/h9-10,12,14H,4,6-8,11H2,1-3,5H3;3-6H,1-2H3;1-2H3. The zero-order valence-electron chi connectivity index (χ0n) is 21.9. The Hall–Kier alpha value is -2.88. The van der Waals surface area contributed by atoms with Crippen molar-refractivity contribution in [3.05, 3.63) is 71.4 Å². The number of nitrogens with zero attached hydrogens (tertiary/aromatic N) is 2. The van der Waals surface area contributed by atoms with Crippen molar-refractivity contribution in [3.63, 3.8) is 0 Å². The number of ketones is 1. The van der Waals surface area contributed by atoms with Gasteiger partial charge in [0.05, 0.1) is 12.6 Å². The van der Waals surface area contributed by atoms with Crippen LogP contribution in [0.2, 0.25) is 0 Å². The monoisotopic (exact) mass is 450 g/mol. The lowest BCUT2D eigenvalue weighted by molar-refractivity contribution is 0.101. The quantitative estimate of drug-likeness (QED) is 0.259. The highest BCUT2D eigenvalue weighted by molar-refractivity contribution is 5.94. The summed E-state index contributed by atoms with van der Waals surface area (Å²) in [5.41, 5.74) is 5.39. The van der Waals surface area contributed by atoms with Crippen molar-refractivity contribution >= 4 is 22.4 Å². The maximum atomic E-state index is 10.8. The second kappa shape index (κ2) is 14.3. The van der Waals surface area contributed by atoms with E-state index in [4.69, 9.17) is 9.84 Å². The van der Waals surface area contributed by atoms with Crippen LogP contribution < -0.4 is 0 Å². The van der Waals surface area contributed by atoms with Gasteiger partial charge < -0.3 is 4.74 Å². The number of methoxy groups -OCH3 is 1. The molecule has 0 aliphatic heterocycles. The van der Waals surface area contributed by atoms with Crippen LogP contribution in [0.1, 0.15) is 81.4 Å². The smallest absolute Gasteiger partial charge is 0.159 e. The molecule has 33 heavy (non-hydrogen) atoms. The van der Waals surface area contributed by atoms with Gasteiger partial charge in [-0.15, -0.1) is 0 Å². The van der Waals surface area contributed by atoms with Gasteiger partial charge in [0.1, 0.15) is 5.76 Å². The molecule has 0 N–H and O–H groups in total.